The van der Waals surface area contributed by atoms with Crippen LogP contribution in [0.3, 0.4) is 0 Å². The molecule has 0 radical (unpaired) electrons. The third-order valence-electron chi connectivity index (χ3n) is 2.48. The van der Waals surface area contributed by atoms with Crippen molar-refractivity contribution in [2.24, 2.45) is 0 Å². The predicted molar refractivity (Wildman–Crippen MR) is 70.0 cm³/mol. The summed E-state index contributed by atoms with van der Waals surface area (Å²) in [5, 5.41) is 22.0. The number of anilines is 1. The van der Waals surface area contributed by atoms with Crippen LogP contribution in [-0.4, -0.2) is 31.9 Å². The molecule has 9 nitrogen and oxygen atoms in total. The van der Waals surface area contributed by atoms with Gasteiger partial charge >= 0.3 is 5.97 Å². The monoisotopic (exact) mass is 288 g/mol. The Labute approximate surface area is 117 Å². The van der Waals surface area contributed by atoms with Crippen molar-refractivity contribution in [1.82, 2.24) is 9.97 Å². The first-order chi connectivity index (χ1) is 10.0. The molecule has 2 aromatic rings. The van der Waals surface area contributed by atoms with Crippen LogP contribution in [0.4, 0.5) is 11.5 Å². The second kappa shape index (κ2) is 5.74. The Morgan fingerprint density at radius 2 is 1.86 bits per heavy atom. The molecule has 1 amide bonds. The number of carboxylic acid groups (broad SMARTS) is 1. The summed E-state index contributed by atoms with van der Waals surface area (Å²) in [7, 11) is 0. The first-order valence-corrected chi connectivity index (χ1v) is 5.59. The van der Waals surface area contributed by atoms with Gasteiger partial charge in [0.25, 0.3) is 11.6 Å². The quantitative estimate of drug-likeness (QED) is 0.639. The number of aromatic carboxylic acids is 1. The van der Waals surface area contributed by atoms with Gasteiger partial charge in [-0.15, -0.1) is 0 Å². The Morgan fingerprint density at radius 1 is 1.19 bits per heavy atom. The summed E-state index contributed by atoms with van der Waals surface area (Å²) in [5.74, 6) is -2.50. The van der Waals surface area contributed by atoms with E-state index in [2.05, 4.69) is 15.3 Å². The highest BCUT2D eigenvalue weighted by atomic mass is 16.6. The van der Waals surface area contributed by atoms with Crippen LogP contribution in [0.1, 0.15) is 20.8 Å². The Bertz CT molecular complexity index is 731. The van der Waals surface area contributed by atoms with E-state index >= 15 is 0 Å². The number of hydrogen-bond donors (Lipinski definition) is 2. The molecule has 0 aliphatic carbocycles. The molecule has 0 saturated carbocycles. The van der Waals surface area contributed by atoms with Crippen molar-refractivity contribution in [2.75, 3.05) is 5.32 Å². The number of nitrogens with one attached hydrogen (secondary N) is 1. The van der Waals surface area contributed by atoms with E-state index in [-0.39, 0.29) is 11.4 Å². The number of hydrogen-bond acceptors (Lipinski definition) is 6. The fraction of sp³-hybridized carbons (Fsp3) is 0. The van der Waals surface area contributed by atoms with Crippen LogP contribution in [0.25, 0.3) is 0 Å². The molecule has 1 aromatic heterocycles. The third kappa shape index (κ3) is 2.97. The molecule has 0 bridgehead atoms. The molecular weight excluding hydrogens is 280 g/mol. The van der Waals surface area contributed by atoms with Crippen LogP contribution in [-0.2, 0) is 0 Å². The number of rotatable bonds is 4. The lowest BCUT2D eigenvalue weighted by atomic mass is 10.1. The molecule has 9 heteroatoms. The molecular formula is C12H8N4O5. The number of para-hydroxylation sites is 1. The molecule has 0 aliphatic heterocycles. The van der Waals surface area contributed by atoms with Crippen molar-refractivity contribution < 1.29 is 19.6 Å². The number of carbonyl (C=O) groups excluding carboxylic acids is 1. The van der Waals surface area contributed by atoms with Crippen molar-refractivity contribution in [3.8, 4) is 0 Å². The molecule has 1 aromatic carbocycles. The van der Waals surface area contributed by atoms with Crippen LogP contribution in [0.2, 0.25) is 0 Å². The van der Waals surface area contributed by atoms with Crippen molar-refractivity contribution >= 4 is 23.4 Å². The van der Waals surface area contributed by atoms with Gasteiger partial charge in [0.05, 0.1) is 4.92 Å². The zero-order chi connectivity index (χ0) is 15.4. The number of amides is 1. The van der Waals surface area contributed by atoms with Gasteiger partial charge in [-0.25, -0.2) is 14.8 Å². The minimum Gasteiger partial charge on any atom is -0.476 e. The molecule has 0 spiro atoms. The Morgan fingerprint density at radius 3 is 2.52 bits per heavy atom. The fourth-order valence-electron chi connectivity index (χ4n) is 1.59. The van der Waals surface area contributed by atoms with E-state index in [0.717, 1.165) is 6.20 Å². The lowest BCUT2D eigenvalue weighted by Gasteiger charge is -2.06. The number of carboxylic acids is 1. The first-order valence-electron chi connectivity index (χ1n) is 5.59. The number of carbonyl (C=O) groups is 2. The van der Waals surface area contributed by atoms with E-state index in [1.807, 2.05) is 0 Å². The smallest absolute Gasteiger partial charge is 0.358 e. The van der Waals surface area contributed by atoms with Gasteiger partial charge < -0.3 is 10.4 Å². The van der Waals surface area contributed by atoms with Crippen molar-refractivity contribution in [2.45, 2.75) is 0 Å². The molecule has 2 rings (SSSR count). The van der Waals surface area contributed by atoms with E-state index < -0.39 is 28.2 Å². The fourth-order valence-corrected chi connectivity index (χ4v) is 1.59. The topological polar surface area (TPSA) is 135 Å². The van der Waals surface area contributed by atoms with Crippen LogP contribution in [0.5, 0.6) is 0 Å². The number of nitrogens with zero attached hydrogens (tertiary/aromatic N) is 3. The van der Waals surface area contributed by atoms with Crippen LogP contribution in [0.15, 0.2) is 36.7 Å². The molecule has 21 heavy (non-hydrogen) atoms. The van der Waals surface area contributed by atoms with Gasteiger partial charge in [-0.05, 0) is 6.07 Å². The van der Waals surface area contributed by atoms with E-state index in [1.165, 1.54) is 30.5 Å². The highest BCUT2D eigenvalue weighted by Crippen LogP contribution is 2.19. The predicted octanol–water partition coefficient (Wildman–Crippen LogP) is 1.34. The maximum absolute atomic E-state index is 12.0. The second-order valence-corrected chi connectivity index (χ2v) is 3.79. The number of aromatic nitrogens is 2. The van der Waals surface area contributed by atoms with Gasteiger partial charge in [-0.2, -0.15) is 0 Å². The minimum atomic E-state index is -1.37. The van der Waals surface area contributed by atoms with Crippen LogP contribution in [0, 0.1) is 10.1 Å². The zero-order valence-electron chi connectivity index (χ0n) is 10.4. The molecule has 0 saturated heterocycles. The summed E-state index contributed by atoms with van der Waals surface area (Å²) in [6, 6.07) is 5.30. The van der Waals surface area contributed by atoms with Crippen LogP contribution >= 0.6 is 0 Å². The normalized spacial score (nSPS) is 9.90. The van der Waals surface area contributed by atoms with Gasteiger partial charge in [-0.1, -0.05) is 12.1 Å². The Kier molecular flexibility index (Phi) is 3.84. The molecule has 106 valence electrons. The largest absolute Gasteiger partial charge is 0.476 e. The van der Waals surface area contributed by atoms with Crippen molar-refractivity contribution in [3.05, 3.63) is 58.0 Å². The lowest BCUT2D eigenvalue weighted by Crippen LogP contribution is -2.18. The van der Waals surface area contributed by atoms with Crippen LogP contribution < -0.4 is 5.32 Å². The summed E-state index contributed by atoms with van der Waals surface area (Å²) in [6.07, 6.45) is 2.35. The average Bonchev–Trinajstić information content (AvgIpc) is 2.47. The van der Waals surface area contributed by atoms with Gasteiger partial charge in [0.2, 0.25) is 0 Å². The molecule has 0 aliphatic rings. The van der Waals surface area contributed by atoms with E-state index in [4.69, 9.17) is 5.11 Å². The molecule has 2 N–H and O–H groups in total. The first kappa shape index (κ1) is 14.1. The Balaban J connectivity index is 2.36. The third-order valence-corrected chi connectivity index (χ3v) is 2.48. The van der Waals surface area contributed by atoms with E-state index in [9.17, 15) is 19.7 Å². The Hall–Kier alpha value is -3.36. The lowest BCUT2D eigenvalue weighted by molar-refractivity contribution is -0.385. The molecule has 0 fully saturated rings. The number of nitro benzene ring substituents is 1. The SMILES string of the molecule is O=C(Nc1nccnc1C(=O)O)c1ccccc1[N+](=O)[O-]. The van der Waals surface area contributed by atoms with Gasteiger partial charge in [0.15, 0.2) is 11.5 Å². The zero-order valence-corrected chi connectivity index (χ0v) is 10.4. The summed E-state index contributed by atoms with van der Waals surface area (Å²) in [4.78, 5) is 40.4. The minimum absolute atomic E-state index is 0.204. The molecule has 0 unspecified atom stereocenters. The van der Waals surface area contributed by atoms with Gasteiger partial charge in [0, 0.05) is 18.5 Å². The second-order valence-electron chi connectivity index (χ2n) is 3.79. The van der Waals surface area contributed by atoms with Crippen molar-refractivity contribution in [1.29, 1.82) is 0 Å². The summed E-state index contributed by atoms with van der Waals surface area (Å²) in [5.41, 5.74) is -1.05. The number of benzene rings is 1. The standard InChI is InChI=1S/C12H8N4O5/c17-11(7-3-1-2-4-8(7)16(20)21)15-10-9(12(18)19)13-5-6-14-10/h1-6H,(H,18,19)(H,14,15,17). The maximum Gasteiger partial charge on any atom is 0.358 e. The molecule has 0 atom stereocenters. The van der Waals surface area contributed by atoms with E-state index in [1.54, 1.807) is 0 Å². The summed E-state index contributed by atoms with van der Waals surface area (Å²) in [6.45, 7) is 0. The van der Waals surface area contributed by atoms with Crippen molar-refractivity contribution in [3.63, 3.8) is 0 Å². The van der Waals surface area contributed by atoms with Gasteiger partial charge in [0.1, 0.15) is 5.56 Å². The maximum atomic E-state index is 12.0. The summed E-state index contributed by atoms with van der Waals surface area (Å²) < 4.78 is 0. The number of nitro groups is 1. The highest BCUT2D eigenvalue weighted by molar-refractivity contribution is 6.08. The van der Waals surface area contributed by atoms with Gasteiger partial charge in [-0.3, -0.25) is 14.9 Å². The summed E-state index contributed by atoms with van der Waals surface area (Å²) >= 11 is 0. The average molecular weight is 288 g/mol. The van der Waals surface area contributed by atoms with E-state index in [0.29, 0.717) is 0 Å². The molecule has 1 heterocycles. The highest BCUT2D eigenvalue weighted by Gasteiger charge is 2.22.